The topological polar surface area (TPSA) is 259 Å². The van der Waals surface area contributed by atoms with Crippen LogP contribution in [0.25, 0.3) is 11.2 Å². The zero-order valence-electron chi connectivity index (χ0n) is 42.2. The molecule has 72 heavy (non-hydrogen) atoms. The van der Waals surface area contributed by atoms with E-state index in [9.17, 15) is 24.3 Å². The highest BCUT2D eigenvalue weighted by molar-refractivity contribution is 8.76. The van der Waals surface area contributed by atoms with E-state index in [1.54, 1.807) is 52.1 Å². The van der Waals surface area contributed by atoms with Crippen LogP contribution < -0.4 is 32.3 Å². The van der Waals surface area contributed by atoms with Crippen LogP contribution in [0, 0.1) is 46.3 Å². The van der Waals surface area contributed by atoms with Crippen LogP contribution in [-0.2, 0) is 30.3 Å². The predicted molar refractivity (Wildman–Crippen MR) is 279 cm³/mol. The number of aromatic nitrogens is 4. The van der Waals surface area contributed by atoms with Crippen molar-refractivity contribution in [1.29, 1.82) is 0 Å². The van der Waals surface area contributed by atoms with Gasteiger partial charge in [-0.1, -0.05) is 60.9 Å². The Morgan fingerprint density at radius 3 is 2.47 bits per heavy atom. The lowest BCUT2D eigenvalue weighted by Gasteiger charge is -2.58. The molecule has 6 aliphatic rings. The molecular formula is C52H72N10O8S2. The van der Waals surface area contributed by atoms with E-state index >= 15 is 0 Å². The van der Waals surface area contributed by atoms with E-state index in [0.717, 1.165) is 50.8 Å². The van der Waals surface area contributed by atoms with Crippen LogP contribution in [-0.4, -0.2) is 111 Å². The number of benzene rings is 1. The molecule has 3 saturated carbocycles. The Kier molecular flexibility index (Phi) is 15.5. The van der Waals surface area contributed by atoms with Crippen molar-refractivity contribution in [1.82, 2.24) is 35.9 Å². The highest BCUT2D eigenvalue weighted by atomic mass is 33.1. The Morgan fingerprint density at radius 2 is 1.74 bits per heavy atom. The molecule has 1 spiro atoms. The largest absolute Gasteiger partial charge is 0.480 e. The number of hydrogen-bond donors (Lipinski definition) is 6. The molecule has 9 rings (SSSR count). The van der Waals surface area contributed by atoms with E-state index < -0.39 is 17.9 Å². The number of aliphatic carboxylic acids is 1. The van der Waals surface area contributed by atoms with Crippen LogP contribution in [0.3, 0.4) is 0 Å². The first kappa shape index (κ1) is 52.0. The zero-order valence-corrected chi connectivity index (χ0v) is 43.8. The fraction of sp³-hybridized carbons (Fsp3) is 0.654. The fourth-order valence-electron chi connectivity index (χ4n) is 13.6. The van der Waals surface area contributed by atoms with Crippen molar-refractivity contribution < 1.29 is 38.5 Å². The van der Waals surface area contributed by atoms with E-state index in [1.807, 2.05) is 11.9 Å². The normalized spacial score (nSPS) is 31.8. The van der Waals surface area contributed by atoms with Gasteiger partial charge < -0.3 is 51.6 Å². The summed E-state index contributed by atoms with van der Waals surface area (Å²) in [6, 6.07) is 5.41. The molecule has 3 unspecified atom stereocenters. The number of carbonyl (C=O) groups is 4. The second-order valence-corrected chi connectivity index (χ2v) is 24.5. The van der Waals surface area contributed by atoms with Gasteiger partial charge in [0.05, 0.1) is 31.1 Å². The third-order valence-corrected chi connectivity index (χ3v) is 19.8. The number of hydrogen-bond acceptors (Lipinski definition) is 16. The van der Waals surface area contributed by atoms with Crippen molar-refractivity contribution in [3.05, 3.63) is 53.4 Å². The average molecular weight is 1030 g/mol. The Bertz CT molecular complexity index is 2530. The number of nitrogen functional groups attached to an aromatic ring is 2. The van der Waals surface area contributed by atoms with E-state index in [-0.39, 0.29) is 64.9 Å². The Labute approximate surface area is 429 Å². The van der Waals surface area contributed by atoms with Gasteiger partial charge in [0.1, 0.15) is 12.1 Å². The lowest BCUT2D eigenvalue weighted by Crippen LogP contribution is -2.52. The molecule has 20 heteroatoms. The van der Waals surface area contributed by atoms with Crippen molar-refractivity contribution in [2.75, 3.05) is 54.6 Å². The lowest BCUT2D eigenvalue weighted by molar-refractivity contribution is -0.272. The standard InChI is InChI=1S/C52H72N10O8S2/c1-29-14-19-52(68-28-29)30(2)42-40(70-52)25-38-36-11-8-32-24-35(15-17-50(32,3)37(36)16-18-51(38,42)4)69-49(67)56-21-23-72-71-22-20-55-41(63)13-12-39(47(65)66)59-46(64)31-6-9-34(10-7-31)62(5)27-33-26-57-45-43(58-33)44(53)60-48(54)61-45/h6-10,26,29-30,35-40,42H,11-25,27-28H2,1-5H3,(H,55,63)(H,56,67)(H,59,64)(H,65,66)(H4,53,54,57,60,61)/t29-,30+,35+,36?,37?,38?,39+,40+,42+,50+,51+,52-/m1/s1. The fourth-order valence-corrected chi connectivity index (χ4v) is 15.4. The number of ether oxygens (including phenoxy) is 3. The number of nitrogens with zero attached hydrogens (tertiary/aromatic N) is 5. The van der Waals surface area contributed by atoms with Gasteiger partial charge in [-0.25, -0.2) is 19.6 Å². The predicted octanol–water partition coefficient (Wildman–Crippen LogP) is 7.14. The van der Waals surface area contributed by atoms with Crippen molar-refractivity contribution in [2.24, 2.45) is 46.3 Å². The molecule has 390 valence electrons. The number of allylic oxidation sites excluding steroid dienone is 1. The summed E-state index contributed by atoms with van der Waals surface area (Å²) in [6.45, 7) is 11.8. The molecule has 0 bridgehead atoms. The molecule has 2 aliphatic heterocycles. The molecule has 1 aromatic carbocycles. The third kappa shape index (κ3) is 10.7. The van der Waals surface area contributed by atoms with Crippen LogP contribution in [0.2, 0.25) is 0 Å². The first-order chi connectivity index (χ1) is 34.5. The first-order valence-corrected chi connectivity index (χ1v) is 28.3. The average Bonchev–Trinajstić information content (AvgIpc) is 3.80. The van der Waals surface area contributed by atoms with Crippen LogP contribution in [0.15, 0.2) is 42.1 Å². The maximum absolute atomic E-state index is 13.0. The van der Waals surface area contributed by atoms with Crippen LogP contribution >= 0.6 is 21.6 Å². The molecule has 0 radical (unpaired) electrons. The van der Waals surface area contributed by atoms with Crippen molar-refractivity contribution >= 4 is 74.1 Å². The summed E-state index contributed by atoms with van der Waals surface area (Å²) in [5.41, 5.74) is 15.8. The Morgan fingerprint density at radius 1 is 0.972 bits per heavy atom. The van der Waals surface area contributed by atoms with Crippen molar-refractivity contribution in [3.63, 3.8) is 0 Å². The smallest absolute Gasteiger partial charge is 0.407 e. The minimum atomic E-state index is -1.25. The number of carboxylic acids is 1. The van der Waals surface area contributed by atoms with Gasteiger partial charge in [-0.15, -0.1) is 0 Å². The summed E-state index contributed by atoms with van der Waals surface area (Å²) in [7, 11) is 5.01. The lowest BCUT2D eigenvalue weighted by atomic mass is 9.47. The van der Waals surface area contributed by atoms with Gasteiger partial charge in [-0.05, 0) is 116 Å². The molecule has 8 N–H and O–H groups in total. The van der Waals surface area contributed by atoms with Gasteiger partial charge in [0.2, 0.25) is 11.9 Å². The van der Waals surface area contributed by atoms with Gasteiger partial charge in [-0.3, -0.25) is 9.59 Å². The number of carboxylic acid groups (broad SMARTS) is 1. The molecule has 3 amide bonds. The maximum Gasteiger partial charge on any atom is 0.407 e. The highest BCUT2D eigenvalue weighted by Crippen LogP contribution is 2.70. The maximum atomic E-state index is 13.0. The molecule has 4 heterocycles. The molecular weight excluding hydrogens is 957 g/mol. The second kappa shape index (κ2) is 21.5. The zero-order chi connectivity index (χ0) is 51.0. The number of alkyl carbamates (subject to hydrolysis) is 1. The molecule has 5 fully saturated rings. The number of fused-ring (bicyclic) bond motifs is 8. The summed E-state index contributed by atoms with van der Waals surface area (Å²) in [5, 5.41) is 18.1. The summed E-state index contributed by atoms with van der Waals surface area (Å²) in [5.74, 6) is 2.55. The molecule has 2 saturated heterocycles. The summed E-state index contributed by atoms with van der Waals surface area (Å²) >= 11 is 0. The highest BCUT2D eigenvalue weighted by Gasteiger charge is 2.68. The second-order valence-electron chi connectivity index (χ2n) is 21.8. The number of nitrogens with one attached hydrogen (secondary N) is 3. The minimum absolute atomic E-state index is 0.0147. The molecule has 18 nitrogen and oxygen atoms in total. The monoisotopic (exact) mass is 1030 g/mol. The molecule has 2 aromatic heterocycles. The number of amides is 3. The minimum Gasteiger partial charge on any atom is -0.480 e. The van der Waals surface area contributed by atoms with Gasteiger partial charge in [-0.2, -0.15) is 9.97 Å². The van der Waals surface area contributed by atoms with Gasteiger partial charge in [0.25, 0.3) is 5.91 Å². The molecule has 12 atom stereocenters. The van der Waals surface area contributed by atoms with Crippen molar-refractivity contribution in [2.45, 2.75) is 129 Å². The van der Waals surface area contributed by atoms with Gasteiger partial charge in [0, 0.05) is 68.1 Å². The van der Waals surface area contributed by atoms with Crippen LogP contribution in [0.1, 0.15) is 114 Å². The van der Waals surface area contributed by atoms with E-state index in [1.165, 1.54) is 24.8 Å². The Hall–Kier alpha value is -4.92. The van der Waals surface area contributed by atoms with Crippen LogP contribution in [0.4, 0.5) is 22.2 Å². The van der Waals surface area contributed by atoms with Crippen molar-refractivity contribution in [3.8, 4) is 0 Å². The number of rotatable bonds is 17. The van der Waals surface area contributed by atoms with Gasteiger partial charge >= 0.3 is 12.1 Å². The third-order valence-electron chi connectivity index (χ3n) is 17.4. The van der Waals surface area contributed by atoms with E-state index in [2.05, 4.69) is 69.7 Å². The SMILES string of the molecule is C[C@@H]1CC[C@@]2(OC1)O[C@H]1CC3C4CC=C5C[C@@H](OC(=O)NCCSSCCNC(=O)CC[C@H](NC(=O)c6ccc(N(C)Cc7cnc8nc(N)nc(N)c8n7)cc6)C(=O)O)CC[C@]5(C)C4CC[C@]3(C)[C@H]1[C@@H]2C. The summed E-state index contributed by atoms with van der Waals surface area (Å²) in [4.78, 5) is 69.2. The quantitative estimate of drug-likeness (QED) is 0.0446. The van der Waals surface area contributed by atoms with E-state index in [4.69, 9.17) is 25.7 Å². The molecule has 4 aliphatic carbocycles. The number of nitrogens with two attached hydrogens (primary N) is 2. The number of anilines is 3. The number of carbonyl (C=O) groups excluding carboxylic acids is 3. The van der Waals surface area contributed by atoms with Crippen LogP contribution in [0.5, 0.6) is 0 Å². The summed E-state index contributed by atoms with van der Waals surface area (Å²) < 4.78 is 19.5. The van der Waals surface area contributed by atoms with Gasteiger partial charge in [0.15, 0.2) is 22.8 Å². The Balaban J connectivity index is 0.633. The molecule has 3 aromatic rings. The summed E-state index contributed by atoms with van der Waals surface area (Å²) in [6.07, 6.45) is 13.5. The van der Waals surface area contributed by atoms with E-state index in [0.29, 0.717) is 89.6 Å². The first-order valence-electron chi connectivity index (χ1n) is 25.8.